The highest BCUT2D eigenvalue weighted by atomic mass is 32.1. The summed E-state index contributed by atoms with van der Waals surface area (Å²) in [5.74, 6) is 1.46. The molecular weight excluding hydrogens is 306 g/mol. The van der Waals surface area contributed by atoms with E-state index in [2.05, 4.69) is 16.9 Å². The molecule has 0 bridgehead atoms. The Morgan fingerprint density at radius 3 is 3.00 bits per heavy atom. The maximum atomic E-state index is 12.5. The van der Waals surface area contributed by atoms with Crippen molar-refractivity contribution in [1.29, 1.82) is 0 Å². The summed E-state index contributed by atoms with van der Waals surface area (Å²) in [7, 11) is 0. The summed E-state index contributed by atoms with van der Waals surface area (Å²) in [6, 6.07) is 10.1. The summed E-state index contributed by atoms with van der Waals surface area (Å²) >= 11 is 1.69. The van der Waals surface area contributed by atoms with E-state index < -0.39 is 0 Å². The summed E-state index contributed by atoms with van der Waals surface area (Å²) in [6.07, 6.45) is 2.17. The Hall–Kier alpha value is -2.14. The molecule has 3 heterocycles. The number of nitrogens with one attached hydrogen (secondary N) is 1. The molecular formula is C18H19N3OS. The molecule has 1 saturated heterocycles. The molecule has 1 fully saturated rings. The summed E-state index contributed by atoms with van der Waals surface area (Å²) in [6.45, 7) is 3.66. The number of carbonyl (C=O) groups excluding carboxylic acids is 1. The van der Waals surface area contributed by atoms with Crippen molar-refractivity contribution in [3.05, 3.63) is 52.0 Å². The maximum absolute atomic E-state index is 12.5. The molecule has 1 aliphatic heterocycles. The van der Waals surface area contributed by atoms with Crippen LogP contribution in [0.3, 0.4) is 0 Å². The molecule has 118 valence electrons. The number of amides is 1. The highest BCUT2D eigenvalue weighted by molar-refractivity contribution is 7.10. The van der Waals surface area contributed by atoms with E-state index in [-0.39, 0.29) is 5.91 Å². The van der Waals surface area contributed by atoms with Crippen LogP contribution in [-0.2, 0) is 6.42 Å². The second-order valence-corrected chi connectivity index (χ2v) is 7.09. The first-order valence-corrected chi connectivity index (χ1v) is 8.94. The van der Waals surface area contributed by atoms with Crippen molar-refractivity contribution in [2.45, 2.75) is 25.7 Å². The van der Waals surface area contributed by atoms with Gasteiger partial charge < -0.3 is 9.88 Å². The van der Waals surface area contributed by atoms with Crippen molar-refractivity contribution in [3.8, 4) is 0 Å². The Morgan fingerprint density at radius 2 is 2.22 bits per heavy atom. The van der Waals surface area contributed by atoms with Crippen molar-refractivity contribution >= 4 is 28.3 Å². The number of benzene rings is 1. The van der Waals surface area contributed by atoms with Crippen molar-refractivity contribution in [2.24, 2.45) is 0 Å². The number of hydrogen-bond acceptors (Lipinski definition) is 3. The number of hydrogen-bond donors (Lipinski definition) is 1. The number of aromatic nitrogens is 2. The number of para-hydroxylation sites is 2. The summed E-state index contributed by atoms with van der Waals surface area (Å²) in [5.41, 5.74) is 2.89. The molecule has 0 spiro atoms. The third kappa shape index (κ3) is 2.65. The summed E-state index contributed by atoms with van der Waals surface area (Å²) in [5, 5.41) is 1.99. The molecule has 0 unspecified atom stereocenters. The average molecular weight is 325 g/mol. The van der Waals surface area contributed by atoms with Crippen LogP contribution in [0.5, 0.6) is 0 Å². The molecule has 4 rings (SSSR count). The van der Waals surface area contributed by atoms with Gasteiger partial charge in [-0.2, -0.15) is 0 Å². The number of likely N-dealkylation sites (tertiary alicyclic amines) is 1. The molecule has 1 amide bonds. The normalized spacial score (nSPS) is 15.1. The third-order valence-electron chi connectivity index (χ3n) is 4.36. The van der Waals surface area contributed by atoms with Gasteiger partial charge in [0.25, 0.3) is 5.91 Å². The van der Waals surface area contributed by atoms with Crippen LogP contribution in [-0.4, -0.2) is 33.9 Å². The number of imidazole rings is 1. The van der Waals surface area contributed by atoms with E-state index in [1.54, 1.807) is 11.3 Å². The van der Waals surface area contributed by atoms with E-state index in [1.807, 2.05) is 40.6 Å². The molecule has 4 nitrogen and oxygen atoms in total. The second-order valence-electron chi connectivity index (χ2n) is 6.10. The van der Waals surface area contributed by atoms with Crippen molar-refractivity contribution in [2.75, 3.05) is 13.1 Å². The van der Waals surface area contributed by atoms with E-state index >= 15 is 0 Å². The Kier molecular flexibility index (Phi) is 3.65. The Bertz CT molecular complexity index is 812. The first-order valence-electron chi connectivity index (χ1n) is 8.06. The molecule has 23 heavy (non-hydrogen) atoms. The van der Waals surface area contributed by atoms with Gasteiger partial charge >= 0.3 is 0 Å². The number of aromatic amines is 1. The molecule has 1 N–H and O–H groups in total. The van der Waals surface area contributed by atoms with Gasteiger partial charge in [0.15, 0.2) is 0 Å². The topological polar surface area (TPSA) is 49.0 Å². The SMILES string of the molecule is CCCc1cc(C(=O)N2CC(c3nc4ccccc4[nH]3)C2)cs1. The Balaban J connectivity index is 1.43. The van der Waals surface area contributed by atoms with Crippen molar-refractivity contribution in [3.63, 3.8) is 0 Å². The zero-order chi connectivity index (χ0) is 15.8. The van der Waals surface area contributed by atoms with E-state index in [0.717, 1.165) is 48.4 Å². The smallest absolute Gasteiger partial charge is 0.254 e. The van der Waals surface area contributed by atoms with Crippen LogP contribution in [0.25, 0.3) is 11.0 Å². The van der Waals surface area contributed by atoms with Crippen LogP contribution in [0.4, 0.5) is 0 Å². The number of H-pyrrole nitrogens is 1. The van der Waals surface area contributed by atoms with Gasteiger partial charge in [0.2, 0.25) is 0 Å². The van der Waals surface area contributed by atoms with Crippen molar-refractivity contribution in [1.82, 2.24) is 14.9 Å². The van der Waals surface area contributed by atoms with E-state index in [4.69, 9.17) is 0 Å². The lowest BCUT2D eigenvalue weighted by Crippen LogP contribution is -2.48. The number of carbonyl (C=O) groups is 1. The van der Waals surface area contributed by atoms with Crippen LogP contribution in [0.2, 0.25) is 0 Å². The van der Waals surface area contributed by atoms with Crippen LogP contribution >= 0.6 is 11.3 Å². The van der Waals surface area contributed by atoms with Crippen LogP contribution in [0.1, 0.15) is 40.3 Å². The predicted octanol–water partition coefficient (Wildman–Crippen LogP) is 3.82. The first kappa shape index (κ1) is 14.5. The van der Waals surface area contributed by atoms with E-state index in [0.29, 0.717) is 5.92 Å². The van der Waals surface area contributed by atoms with Gasteiger partial charge in [0.1, 0.15) is 5.82 Å². The van der Waals surface area contributed by atoms with Crippen LogP contribution in [0, 0.1) is 0 Å². The minimum Gasteiger partial charge on any atom is -0.342 e. The number of thiophene rings is 1. The average Bonchev–Trinajstić information content (AvgIpc) is 3.12. The minimum absolute atomic E-state index is 0.149. The monoisotopic (exact) mass is 325 g/mol. The molecule has 3 aromatic rings. The largest absolute Gasteiger partial charge is 0.342 e. The molecule has 2 aromatic heterocycles. The Morgan fingerprint density at radius 1 is 1.39 bits per heavy atom. The van der Waals surface area contributed by atoms with E-state index in [9.17, 15) is 4.79 Å². The third-order valence-corrected chi connectivity index (χ3v) is 5.36. The van der Waals surface area contributed by atoms with Gasteiger partial charge in [0.05, 0.1) is 22.5 Å². The first-order chi connectivity index (χ1) is 11.2. The van der Waals surface area contributed by atoms with Gasteiger partial charge in [-0.25, -0.2) is 4.98 Å². The second kappa shape index (κ2) is 5.81. The number of nitrogens with zero attached hydrogens (tertiary/aromatic N) is 2. The summed E-state index contributed by atoms with van der Waals surface area (Å²) < 4.78 is 0. The number of fused-ring (bicyclic) bond motifs is 1. The highest BCUT2D eigenvalue weighted by Crippen LogP contribution is 2.29. The fourth-order valence-corrected chi connectivity index (χ4v) is 4.00. The molecule has 1 aromatic carbocycles. The zero-order valence-electron chi connectivity index (χ0n) is 13.1. The predicted molar refractivity (Wildman–Crippen MR) is 93.1 cm³/mol. The Labute approximate surface area is 139 Å². The van der Waals surface area contributed by atoms with Crippen LogP contribution in [0.15, 0.2) is 35.7 Å². The lowest BCUT2D eigenvalue weighted by molar-refractivity contribution is 0.0596. The van der Waals surface area contributed by atoms with Crippen LogP contribution < -0.4 is 0 Å². The van der Waals surface area contributed by atoms with Gasteiger partial charge in [0, 0.05) is 23.3 Å². The molecule has 0 aliphatic carbocycles. The van der Waals surface area contributed by atoms with Gasteiger partial charge in [-0.15, -0.1) is 11.3 Å². The lowest BCUT2D eigenvalue weighted by Gasteiger charge is -2.38. The van der Waals surface area contributed by atoms with Gasteiger partial charge in [-0.05, 0) is 24.6 Å². The van der Waals surface area contributed by atoms with Crippen molar-refractivity contribution < 1.29 is 4.79 Å². The minimum atomic E-state index is 0.149. The number of aryl methyl sites for hydroxylation is 1. The molecule has 1 aliphatic rings. The molecule has 0 saturated carbocycles. The zero-order valence-corrected chi connectivity index (χ0v) is 13.9. The quantitative estimate of drug-likeness (QED) is 0.793. The molecule has 0 radical (unpaired) electrons. The molecule has 0 atom stereocenters. The standard InChI is InChI=1S/C18H19N3OS/c1-2-5-14-8-12(11-23-14)18(22)21-9-13(10-21)17-19-15-6-3-4-7-16(15)20-17/h3-4,6-8,11,13H,2,5,9-10H2,1H3,(H,19,20). The summed E-state index contributed by atoms with van der Waals surface area (Å²) in [4.78, 5) is 23.7. The van der Waals surface area contributed by atoms with E-state index in [1.165, 1.54) is 4.88 Å². The lowest BCUT2D eigenvalue weighted by atomic mass is 9.98. The highest BCUT2D eigenvalue weighted by Gasteiger charge is 2.34. The van der Waals surface area contributed by atoms with Gasteiger partial charge in [-0.1, -0.05) is 25.5 Å². The maximum Gasteiger partial charge on any atom is 0.254 e. The molecule has 5 heteroatoms. The van der Waals surface area contributed by atoms with Gasteiger partial charge in [-0.3, -0.25) is 4.79 Å². The fourth-order valence-electron chi connectivity index (χ4n) is 3.04. The number of rotatable bonds is 4. The fraction of sp³-hybridized carbons (Fsp3) is 0.333.